The van der Waals surface area contributed by atoms with Crippen LogP contribution in [-0.4, -0.2) is 6.54 Å². The lowest BCUT2D eigenvalue weighted by Gasteiger charge is -2.48. The highest BCUT2D eigenvalue weighted by Gasteiger charge is 2.44. The van der Waals surface area contributed by atoms with E-state index in [0.717, 1.165) is 10.9 Å². The minimum Gasteiger partial charge on any atom is -0.330 e. The topological polar surface area (TPSA) is 26.0 Å². The summed E-state index contributed by atoms with van der Waals surface area (Å²) < 4.78 is 0. The zero-order chi connectivity index (χ0) is 12.5. The van der Waals surface area contributed by atoms with Gasteiger partial charge in [-0.15, -0.1) is 0 Å². The lowest BCUT2D eigenvalue weighted by atomic mass is 9.57. The first-order valence-electron chi connectivity index (χ1n) is 6.27. The molecule has 0 aromatic heterocycles. The molecular formula is C14H19Cl2N. The van der Waals surface area contributed by atoms with Crippen molar-refractivity contribution in [1.82, 2.24) is 0 Å². The summed E-state index contributed by atoms with van der Waals surface area (Å²) in [6.07, 6.45) is 4.88. The molecule has 2 N–H and O–H groups in total. The minimum atomic E-state index is 0.0987. The molecular weight excluding hydrogens is 253 g/mol. The van der Waals surface area contributed by atoms with Gasteiger partial charge >= 0.3 is 0 Å². The molecule has 94 valence electrons. The zero-order valence-corrected chi connectivity index (χ0v) is 11.7. The van der Waals surface area contributed by atoms with Crippen LogP contribution in [0.15, 0.2) is 18.2 Å². The highest BCUT2D eigenvalue weighted by atomic mass is 35.5. The van der Waals surface area contributed by atoms with Gasteiger partial charge in [-0.1, -0.05) is 49.0 Å². The van der Waals surface area contributed by atoms with Gasteiger partial charge in [0.05, 0.1) is 0 Å². The Kier molecular flexibility index (Phi) is 4.02. The number of nitrogens with two attached hydrogens (primary N) is 1. The SMILES string of the molecule is CCCC1CC(CN)(c2ccc(Cl)cc2Cl)C1. The van der Waals surface area contributed by atoms with Crippen LogP contribution in [0.5, 0.6) is 0 Å². The Morgan fingerprint density at radius 2 is 2.06 bits per heavy atom. The van der Waals surface area contributed by atoms with Crippen molar-refractivity contribution in [2.75, 3.05) is 6.54 Å². The standard InChI is InChI=1S/C14H19Cl2N/c1-2-3-10-7-14(8-10,9-17)12-5-4-11(15)6-13(12)16/h4-6,10H,2-3,7-9,17H2,1H3. The molecule has 0 heterocycles. The molecule has 0 radical (unpaired) electrons. The summed E-state index contributed by atoms with van der Waals surface area (Å²) in [7, 11) is 0. The van der Waals surface area contributed by atoms with E-state index in [2.05, 4.69) is 6.92 Å². The van der Waals surface area contributed by atoms with Crippen molar-refractivity contribution in [3.63, 3.8) is 0 Å². The van der Waals surface area contributed by atoms with Crippen molar-refractivity contribution in [2.45, 2.75) is 38.0 Å². The van der Waals surface area contributed by atoms with Crippen LogP contribution in [0.3, 0.4) is 0 Å². The molecule has 1 aliphatic carbocycles. The van der Waals surface area contributed by atoms with Crippen molar-refractivity contribution < 1.29 is 0 Å². The molecule has 0 amide bonds. The van der Waals surface area contributed by atoms with Crippen molar-refractivity contribution >= 4 is 23.2 Å². The Hall–Kier alpha value is -0.240. The van der Waals surface area contributed by atoms with Gasteiger partial charge in [0.25, 0.3) is 0 Å². The normalized spacial score (nSPS) is 27.9. The van der Waals surface area contributed by atoms with Gasteiger partial charge in [0.15, 0.2) is 0 Å². The Labute approximate surface area is 113 Å². The predicted octanol–water partition coefficient (Wildman–Crippen LogP) is 4.40. The van der Waals surface area contributed by atoms with E-state index in [0.29, 0.717) is 11.6 Å². The summed E-state index contributed by atoms with van der Waals surface area (Å²) in [5.74, 6) is 0.815. The fraction of sp³-hybridized carbons (Fsp3) is 0.571. The second-order valence-electron chi connectivity index (χ2n) is 5.17. The summed E-state index contributed by atoms with van der Waals surface area (Å²) in [4.78, 5) is 0. The molecule has 0 unspecified atom stereocenters. The number of hydrogen-bond acceptors (Lipinski definition) is 1. The second kappa shape index (κ2) is 5.17. The molecule has 3 heteroatoms. The summed E-state index contributed by atoms with van der Waals surface area (Å²) in [5, 5.41) is 1.45. The van der Waals surface area contributed by atoms with Crippen LogP contribution in [0.25, 0.3) is 0 Å². The first-order chi connectivity index (χ1) is 8.11. The maximum atomic E-state index is 6.29. The Bertz CT molecular complexity index is 397. The molecule has 1 aromatic carbocycles. The first-order valence-corrected chi connectivity index (χ1v) is 7.02. The predicted molar refractivity (Wildman–Crippen MR) is 74.8 cm³/mol. The molecule has 0 bridgehead atoms. The Morgan fingerprint density at radius 3 is 2.59 bits per heavy atom. The molecule has 1 nitrogen and oxygen atoms in total. The van der Waals surface area contributed by atoms with Gasteiger partial charge in [0, 0.05) is 22.0 Å². The Morgan fingerprint density at radius 1 is 1.35 bits per heavy atom. The summed E-state index contributed by atoms with van der Waals surface area (Å²) >= 11 is 12.2. The fourth-order valence-electron chi connectivity index (χ4n) is 3.07. The summed E-state index contributed by atoms with van der Waals surface area (Å²) in [6.45, 7) is 2.91. The third kappa shape index (κ3) is 2.47. The van der Waals surface area contributed by atoms with Gasteiger partial charge in [-0.3, -0.25) is 0 Å². The molecule has 0 aliphatic heterocycles. The molecule has 1 fully saturated rings. The van der Waals surface area contributed by atoms with Gasteiger partial charge < -0.3 is 5.73 Å². The van der Waals surface area contributed by atoms with Gasteiger partial charge in [0.1, 0.15) is 0 Å². The van der Waals surface area contributed by atoms with Crippen LogP contribution < -0.4 is 5.73 Å². The molecule has 1 saturated carbocycles. The molecule has 1 aliphatic rings. The van der Waals surface area contributed by atoms with Crippen LogP contribution in [0.4, 0.5) is 0 Å². The van der Waals surface area contributed by atoms with Crippen molar-refractivity contribution in [3.05, 3.63) is 33.8 Å². The second-order valence-corrected chi connectivity index (χ2v) is 6.02. The number of benzene rings is 1. The van der Waals surface area contributed by atoms with E-state index in [1.165, 1.54) is 31.2 Å². The molecule has 1 aromatic rings. The number of hydrogen-bond donors (Lipinski definition) is 1. The van der Waals surface area contributed by atoms with E-state index < -0.39 is 0 Å². The van der Waals surface area contributed by atoms with Gasteiger partial charge in [0.2, 0.25) is 0 Å². The fourth-order valence-corrected chi connectivity index (χ4v) is 3.68. The number of rotatable bonds is 4. The van der Waals surface area contributed by atoms with E-state index >= 15 is 0 Å². The molecule has 0 atom stereocenters. The maximum absolute atomic E-state index is 6.29. The third-order valence-electron chi connectivity index (χ3n) is 3.95. The zero-order valence-electron chi connectivity index (χ0n) is 10.2. The van der Waals surface area contributed by atoms with Crippen LogP contribution in [0.2, 0.25) is 10.0 Å². The lowest BCUT2D eigenvalue weighted by molar-refractivity contribution is 0.139. The van der Waals surface area contributed by atoms with E-state index in [1.54, 1.807) is 0 Å². The number of halogens is 2. The van der Waals surface area contributed by atoms with Gasteiger partial charge in [-0.2, -0.15) is 0 Å². The van der Waals surface area contributed by atoms with Crippen molar-refractivity contribution in [1.29, 1.82) is 0 Å². The highest BCUT2D eigenvalue weighted by Crippen LogP contribution is 2.50. The van der Waals surface area contributed by atoms with Gasteiger partial charge in [-0.25, -0.2) is 0 Å². The quantitative estimate of drug-likeness (QED) is 0.863. The smallest absolute Gasteiger partial charge is 0.0458 e. The monoisotopic (exact) mass is 271 g/mol. The van der Waals surface area contributed by atoms with Crippen LogP contribution >= 0.6 is 23.2 Å². The first kappa shape index (κ1) is 13.2. The minimum absolute atomic E-state index is 0.0987. The molecule has 2 rings (SSSR count). The van der Waals surface area contributed by atoms with Crippen LogP contribution in [-0.2, 0) is 5.41 Å². The lowest BCUT2D eigenvalue weighted by Crippen LogP contribution is -2.47. The van der Waals surface area contributed by atoms with Crippen molar-refractivity contribution in [3.8, 4) is 0 Å². The molecule has 0 saturated heterocycles. The van der Waals surface area contributed by atoms with Gasteiger partial charge in [-0.05, 0) is 36.5 Å². The summed E-state index contributed by atoms with van der Waals surface area (Å²) in [6, 6.07) is 5.77. The van der Waals surface area contributed by atoms with Crippen LogP contribution in [0.1, 0.15) is 38.2 Å². The molecule has 0 spiro atoms. The third-order valence-corrected chi connectivity index (χ3v) is 4.50. The average Bonchev–Trinajstić information content (AvgIpc) is 2.24. The largest absolute Gasteiger partial charge is 0.330 e. The molecule has 17 heavy (non-hydrogen) atoms. The van der Waals surface area contributed by atoms with Crippen LogP contribution in [0, 0.1) is 5.92 Å². The van der Waals surface area contributed by atoms with E-state index in [9.17, 15) is 0 Å². The summed E-state index contributed by atoms with van der Waals surface area (Å²) in [5.41, 5.74) is 7.25. The highest BCUT2D eigenvalue weighted by molar-refractivity contribution is 6.35. The van der Waals surface area contributed by atoms with E-state index in [-0.39, 0.29) is 5.41 Å². The average molecular weight is 272 g/mol. The van der Waals surface area contributed by atoms with Crippen molar-refractivity contribution in [2.24, 2.45) is 11.7 Å². The van der Waals surface area contributed by atoms with E-state index in [4.69, 9.17) is 28.9 Å². The maximum Gasteiger partial charge on any atom is 0.0458 e. The Balaban J connectivity index is 2.20. The van der Waals surface area contributed by atoms with E-state index in [1.807, 2.05) is 18.2 Å².